The fraction of sp³-hybridized carbons (Fsp3) is 0.289. The summed E-state index contributed by atoms with van der Waals surface area (Å²) in [6, 6.07) is 35.3. The number of halogens is 2. The van der Waals surface area contributed by atoms with Crippen LogP contribution < -0.4 is 4.90 Å². The summed E-state index contributed by atoms with van der Waals surface area (Å²) < 4.78 is 3.70. The summed E-state index contributed by atoms with van der Waals surface area (Å²) in [6.45, 7) is 18.6. The third kappa shape index (κ3) is 5.45. The van der Waals surface area contributed by atoms with E-state index in [0.717, 1.165) is 29.2 Å². The van der Waals surface area contributed by atoms with Crippen molar-refractivity contribution in [3.05, 3.63) is 129 Å². The number of aryl methyl sites for hydroxylation is 1. The van der Waals surface area contributed by atoms with Gasteiger partial charge in [0.05, 0.1) is 11.2 Å². The van der Waals surface area contributed by atoms with Gasteiger partial charge in [0, 0.05) is 48.0 Å². The van der Waals surface area contributed by atoms with Crippen molar-refractivity contribution in [2.45, 2.75) is 84.5 Å². The van der Waals surface area contributed by atoms with E-state index in [9.17, 15) is 0 Å². The van der Waals surface area contributed by atoms with Crippen molar-refractivity contribution in [2.75, 3.05) is 4.90 Å². The van der Waals surface area contributed by atoms with E-state index in [1.165, 1.54) is 59.9 Å². The molecule has 0 amide bonds. The summed E-state index contributed by atoms with van der Waals surface area (Å²) >= 11 is 15.7. The number of nitrogens with zero attached hydrogens (tertiary/aromatic N) is 2. The summed E-state index contributed by atoms with van der Waals surface area (Å²) in [5.41, 5.74) is 11.0. The summed E-state index contributed by atoms with van der Waals surface area (Å²) in [6.07, 6.45) is 2.33. The van der Waals surface area contributed by atoms with Crippen LogP contribution >= 0.6 is 34.5 Å². The van der Waals surface area contributed by atoms with E-state index in [4.69, 9.17) is 23.2 Å². The number of rotatable bonds is 4. The Morgan fingerprint density at radius 1 is 0.700 bits per heavy atom. The second-order valence-corrected chi connectivity index (χ2v) is 18.4. The average molecular weight is 716 g/mol. The molecule has 1 aliphatic carbocycles. The zero-order chi connectivity index (χ0) is 35.3. The van der Waals surface area contributed by atoms with Crippen LogP contribution in [0.15, 0.2) is 97.1 Å². The maximum Gasteiger partial charge on any atom is 0.109 e. The van der Waals surface area contributed by atoms with Crippen molar-refractivity contribution in [1.29, 1.82) is 0 Å². The molecule has 1 aliphatic rings. The molecule has 0 fully saturated rings. The smallest absolute Gasteiger partial charge is 0.109 e. The molecule has 8 rings (SSSR count). The summed E-state index contributed by atoms with van der Waals surface area (Å²) in [5.74, 6) is 0. The Kier molecular flexibility index (Phi) is 7.77. The monoisotopic (exact) mass is 714 g/mol. The molecule has 0 radical (unpaired) electrons. The second kappa shape index (κ2) is 11.6. The minimum absolute atomic E-state index is 0.0334. The number of anilines is 3. The van der Waals surface area contributed by atoms with Crippen molar-refractivity contribution >= 4 is 82.8 Å². The van der Waals surface area contributed by atoms with E-state index in [-0.39, 0.29) is 16.2 Å². The van der Waals surface area contributed by atoms with Gasteiger partial charge in [0.15, 0.2) is 0 Å². The number of benzene rings is 5. The second-order valence-electron chi connectivity index (χ2n) is 16.5. The lowest BCUT2D eigenvalue weighted by atomic mass is 9.63. The van der Waals surface area contributed by atoms with Crippen LogP contribution in [0.25, 0.3) is 36.9 Å². The van der Waals surface area contributed by atoms with Gasteiger partial charge in [0.2, 0.25) is 0 Å². The topological polar surface area (TPSA) is 8.17 Å². The molecule has 0 spiro atoms. The molecule has 2 aromatic heterocycles. The van der Waals surface area contributed by atoms with Crippen molar-refractivity contribution in [3.8, 4) is 5.69 Å². The van der Waals surface area contributed by atoms with Gasteiger partial charge in [-0.05, 0) is 119 Å². The lowest BCUT2D eigenvalue weighted by molar-refractivity contribution is 0.332. The Morgan fingerprint density at radius 3 is 2.12 bits per heavy atom. The third-order valence-electron chi connectivity index (χ3n) is 11.0. The van der Waals surface area contributed by atoms with Crippen LogP contribution in [-0.2, 0) is 16.2 Å². The van der Waals surface area contributed by atoms with Gasteiger partial charge < -0.3 is 9.47 Å². The molecule has 2 nitrogen and oxygen atoms in total. The first kappa shape index (κ1) is 33.4. The predicted molar refractivity (Wildman–Crippen MR) is 220 cm³/mol. The van der Waals surface area contributed by atoms with Crippen molar-refractivity contribution in [3.63, 3.8) is 0 Å². The zero-order valence-corrected chi connectivity index (χ0v) is 32.5. The van der Waals surface area contributed by atoms with Gasteiger partial charge in [0.25, 0.3) is 0 Å². The standard InChI is InChI=1S/C45H44Cl2N2S/c1-27-20-36-37(45(7,8)19-18-44(36,5)6)26-39(27)48(31-13-11-12-29(46)22-31)32-23-30(47)24-33(25-32)49-38-17-16-28(43(2,3)4)21-35(38)41-34-14-9-10-15-40(34)50-42(41)49/h9-17,20-26H,18-19H2,1-8H3. The van der Waals surface area contributed by atoms with Crippen LogP contribution in [0, 0.1) is 6.92 Å². The van der Waals surface area contributed by atoms with Gasteiger partial charge in [-0.25, -0.2) is 0 Å². The normalized spacial score (nSPS) is 15.6. The fourth-order valence-electron chi connectivity index (χ4n) is 8.03. The summed E-state index contributed by atoms with van der Waals surface area (Å²) in [7, 11) is 0. The first-order chi connectivity index (χ1) is 23.6. The molecule has 0 unspecified atom stereocenters. The zero-order valence-electron chi connectivity index (χ0n) is 30.2. The predicted octanol–water partition coefficient (Wildman–Crippen LogP) is 14.7. The first-order valence-corrected chi connectivity index (χ1v) is 19.2. The van der Waals surface area contributed by atoms with E-state index in [1.807, 2.05) is 23.5 Å². The van der Waals surface area contributed by atoms with E-state index in [0.29, 0.717) is 10.0 Å². The number of aromatic nitrogens is 1. The Hall–Kier alpha value is -3.76. The Balaban J connectivity index is 1.41. The van der Waals surface area contributed by atoms with Crippen LogP contribution in [0.5, 0.6) is 0 Å². The first-order valence-electron chi connectivity index (χ1n) is 17.6. The molecule has 0 bridgehead atoms. The average Bonchev–Trinajstić information content (AvgIpc) is 3.57. The van der Waals surface area contributed by atoms with Crippen molar-refractivity contribution in [1.82, 2.24) is 4.57 Å². The van der Waals surface area contributed by atoms with Gasteiger partial charge in [-0.3, -0.25) is 0 Å². The molecular weight excluding hydrogens is 671 g/mol. The van der Waals surface area contributed by atoms with Crippen LogP contribution in [0.4, 0.5) is 17.1 Å². The van der Waals surface area contributed by atoms with Gasteiger partial charge >= 0.3 is 0 Å². The van der Waals surface area contributed by atoms with Crippen LogP contribution in [0.1, 0.15) is 83.6 Å². The molecule has 7 aromatic rings. The highest BCUT2D eigenvalue weighted by Gasteiger charge is 2.38. The van der Waals surface area contributed by atoms with Crippen molar-refractivity contribution in [2.24, 2.45) is 0 Å². The fourth-order valence-corrected chi connectivity index (χ4v) is 9.69. The quantitative estimate of drug-likeness (QED) is 0.176. The molecule has 254 valence electrons. The maximum atomic E-state index is 7.16. The molecule has 0 saturated carbocycles. The lowest BCUT2D eigenvalue weighted by Crippen LogP contribution is -2.34. The summed E-state index contributed by atoms with van der Waals surface area (Å²) in [4.78, 5) is 3.57. The maximum absolute atomic E-state index is 7.16. The van der Waals surface area contributed by atoms with E-state index >= 15 is 0 Å². The van der Waals surface area contributed by atoms with Crippen LogP contribution in [0.2, 0.25) is 10.0 Å². The Labute approximate surface area is 310 Å². The number of hydrogen-bond acceptors (Lipinski definition) is 2. The SMILES string of the molecule is Cc1cc2c(cc1N(c1cccc(Cl)c1)c1cc(Cl)cc(-n3c4ccc(C(C)(C)C)cc4c4c5ccccc5sc43)c1)C(C)(C)CCC2(C)C. The highest BCUT2D eigenvalue weighted by atomic mass is 35.5. The van der Waals surface area contributed by atoms with E-state index in [2.05, 4.69) is 150 Å². The minimum Gasteiger partial charge on any atom is -0.310 e. The third-order valence-corrected chi connectivity index (χ3v) is 12.6. The van der Waals surface area contributed by atoms with Gasteiger partial charge in [-0.15, -0.1) is 11.3 Å². The number of hydrogen-bond donors (Lipinski definition) is 0. The number of fused-ring (bicyclic) bond motifs is 6. The van der Waals surface area contributed by atoms with Gasteiger partial charge in [-0.1, -0.05) is 108 Å². The minimum atomic E-state index is 0.0334. The van der Waals surface area contributed by atoms with Gasteiger partial charge in [-0.2, -0.15) is 0 Å². The molecule has 0 atom stereocenters. The highest BCUT2D eigenvalue weighted by Crippen LogP contribution is 2.50. The lowest BCUT2D eigenvalue weighted by Gasteiger charge is -2.43. The molecule has 0 N–H and O–H groups in total. The molecule has 0 aliphatic heterocycles. The highest BCUT2D eigenvalue weighted by molar-refractivity contribution is 7.25. The van der Waals surface area contributed by atoms with Gasteiger partial charge in [0.1, 0.15) is 4.83 Å². The van der Waals surface area contributed by atoms with Crippen LogP contribution in [-0.4, -0.2) is 4.57 Å². The van der Waals surface area contributed by atoms with E-state index < -0.39 is 0 Å². The van der Waals surface area contributed by atoms with E-state index in [1.54, 1.807) is 0 Å². The van der Waals surface area contributed by atoms with Crippen molar-refractivity contribution < 1.29 is 0 Å². The Morgan fingerprint density at radius 2 is 1.40 bits per heavy atom. The Bertz CT molecular complexity index is 2470. The van der Waals surface area contributed by atoms with Crippen LogP contribution in [0.3, 0.4) is 0 Å². The molecule has 50 heavy (non-hydrogen) atoms. The molecule has 5 heteroatoms. The molecular formula is C45H44Cl2N2S. The molecule has 5 aromatic carbocycles. The molecule has 0 saturated heterocycles. The summed E-state index contributed by atoms with van der Waals surface area (Å²) in [5, 5.41) is 5.25. The largest absolute Gasteiger partial charge is 0.310 e. The molecule has 2 heterocycles. The number of thiophene rings is 1.